The molecule has 0 bridgehead atoms. The van der Waals surface area contributed by atoms with Gasteiger partial charge in [0.25, 0.3) is 0 Å². The van der Waals surface area contributed by atoms with Crippen LogP contribution in [0.15, 0.2) is 22.8 Å². The van der Waals surface area contributed by atoms with E-state index in [-0.39, 0.29) is 0 Å². The lowest BCUT2D eigenvalue weighted by molar-refractivity contribution is 0.0331. The highest BCUT2D eigenvalue weighted by Crippen LogP contribution is 2.39. The van der Waals surface area contributed by atoms with E-state index in [9.17, 15) is 0 Å². The predicted octanol–water partition coefficient (Wildman–Crippen LogP) is 3.26. The third-order valence-electron chi connectivity index (χ3n) is 5.32. The van der Waals surface area contributed by atoms with E-state index in [1.807, 2.05) is 23.5 Å². The van der Waals surface area contributed by atoms with Gasteiger partial charge in [-0.3, -0.25) is 4.90 Å². The first-order valence-corrected chi connectivity index (χ1v) is 10.6. The molecule has 3 aromatic heterocycles. The van der Waals surface area contributed by atoms with Crippen LogP contribution in [0.4, 0.5) is 5.82 Å². The maximum atomic E-state index is 5.46. The van der Waals surface area contributed by atoms with Crippen molar-refractivity contribution < 1.29 is 9.15 Å². The third kappa shape index (κ3) is 3.59. The Hall–Kier alpha value is -1.96. The lowest BCUT2D eigenvalue weighted by Gasteiger charge is -2.25. The van der Waals surface area contributed by atoms with E-state index in [4.69, 9.17) is 19.1 Å². The zero-order valence-electron chi connectivity index (χ0n) is 15.4. The monoisotopic (exact) mass is 384 g/mol. The molecule has 2 aliphatic rings. The molecule has 5 rings (SSSR count). The minimum Gasteiger partial charge on any atom is -0.469 e. The highest BCUT2D eigenvalue weighted by atomic mass is 32.1. The molecule has 7 heteroatoms. The lowest BCUT2D eigenvalue weighted by atomic mass is 10.2. The Balaban J connectivity index is 1.42. The first-order chi connectivity index (χ1) is 13.4. The van der Waals surface area contributed by atoms with E-state index in [2.05, 4.69) is 10.2 Å². The van der Waals surface area contributed by atoms with Crippen LogP contribution in [0.2, 0.25) is 0 Å². The van der Waals surface area contributed by atoms with Gasteiger partial charge in [-0.1, -0.05) is 0 Å². The summed E-state index contributed by atoms with van der Waals surface area (Å²) in [5.74, 6) is 2.90. The molecule has 1 N–H and O–H groups in total. The van der Waals surface area contributed by atoms with Crippen molar-refractivity contribution in [2.24, 2.45) is 0 Å². The Morgan fingerprint density at radius 1 is 1.19 bits per heavy atom. The number of nitrogens with one attached hydrogen (secondary N) is 1. The Kier molecular flexibility index (Phi) is 4.82. The Bertz CT molecular complexity index is 916. The summed E-state index contributed by atoms with van der Waals surface area (Å²) >= 11 is 1.86. The smallest absolute Gasteiger partial charge is 0.146 e. The van der Waals surface area contributed by atoms with Crippen molar-refractivity contribution in [1.29, 1.82) is 0 Å². The van der Waals surface area contributed by atoms with Crippen molar-refractivity contribution in [2.45, 2.75) is 32.2 Å². The average Bonchev–Trinajstić information content (AvgIpc) is 3.39. The number of fused-ring (bicyclic) bond motifs is 3. The molecule has 1 aliphatic carbocycles. The molecule has 4 heterocycles. The molecular formula is C20H24N4O2S. The zero-order valence-corrected chi connectivity index (χ0v) is 16.2. The minimum atomic E-state index is 0.786. The van der Waals surface area contributed by atoms with E-state index < -0.39 is 0 Å². The molecule has 0 saturated carbocycles. The van der Waals surface area contributed by atoms with Crippen molar-refractivity contribution in [3.8, 4) is 0 Å². The minimum absolute atomic E-state index is 0.786. The lowest BCUT2D eigenvalue weighted by Crippen LogP contribution is -2.36. The molecular weight excluding hydrogens is 360 g/mol. The number of nitrogens with zero attached hydrogens (tertiary/aromatic N) is 3. The number of morpholine rings is 1. The summed E-state index contributed by atoms with van der Waals surface area (Å²) in [6.07, 6.45) is 6.15. The molecule has 27 heavy (non-hydrogen) atoms. The van der Waals surface area contributed by atoms with Gasteiger partial charge in [-0.2, -0.15) is 0 Å². The summed E-state index contributed by atoms with van der Waals surface area (Å²) in [6.45, 7) is 5.08. The quantitative estimate of drug-likeness (QED) is 0.704. The number of aryl methyl sites for hydroxylation is 2. The van der Waals surface area contributed by atoms with E-state index in [0.717, 1.165) is 74.5 Å². The predicted molar refractivity (Wildman–Crippen MR) is 106 cm³/mol. The molecule has 0 aromatic carbocycles. The number of ether oxygens (including phenoxy) is 1. The van der Waals surface area contributed by atoms with Gasteiger partial charge in [0.1, 0.15) is 22.2 Å². The van der Waals surface area contributed by atoms with Crippen LogP contribution in [0, 0.1) is 0 Å². The van der Waals surface area contributed by atoms with Crippen LogP contribution < -0.4 is 5.32 Å². The Morgan fingerprint density at radius 3 is 2.96 bits per heavy atom. The van der Waals surface area contributed by atoms with Gasteiger partial charge in [0.2, 0.25) is 0 Å². The van der Waals surface area contributed by atoms with E-state index >= 15 is 0 Å². The van der Waals surface area contributed by atoms with Crippen molar-refractivity contribution in [2.75, 3.05) is 38.2 Å². The molecule has 3 aromatic rings. The fourth-order valence-electron chi connectivity index (χ4n) is 3.96. The molecule has 1 fully saturated rings. The van der Waals surface area contributed by atoms with E-state index in [0.29, 0.717) is 0 Å². The maximum absolute atomic E-state index is 5.46. The van der Waals surface area contributed by atoms with Crippen LogP contribution in [-0.4, -0.2) is 47.7 Å². The Morgan fingerprint density at radius 2 is 2.11 bits per heavy atom. The van der Waals surface area contributed by atoms with Crippen molar-refractivity contribution in [1.82, 2.24) is 14.9 Å². The molecule has 0 amide bonds. The largest absolute Gasteiger partial charge is 0.469 e. The first kappa shape index (κ1) is 17.2. The topological polar surface area (TPSA) is 63.4 Å². The molecule has 1 saturated heterocycles. The van der Waals surface area contributed by atoms with Crippen LogP contribution in [0.5, 0.6) is 0 Å². The number of hydrogen-bond donors (Lipinski definition) is 1. The number of hydrogen-bond acceptors (Lipinski definition) is 7. The van der Waals surface area contributed by atoms with Gasteiger partial charge in [-0.05, 0) is 37.0 Å². The molecule has 0 atom stereocenters. The number of furan rings is 1. The highest BCUT2D eigenvalue weighted by Gasteiger charge is 2.23. The van der Waals surface area contributed by atoms with Crippen molar-refractivity contribution >= 4 is 27.4 Å². The van der Waals surface area contributed by atoms with Gasteiger partial charge in [-0.25, -0.2) is 9.97 Å². The SMILES string of the molecule is c1coc(CCNc2nc(CN3CCOCC3)nc3sc4c(c23)CCC4)c1. The van der Waals surface area contributed by atoms with Gasteiger partial charge < -0.3 is 14.5 Å². The number of thiophene rings is 1. The van der Waals surface area contributed by atoms with Gasteiger partial charge in [0, 0.05) is 30.9 Å². The Labute approximate surface area is 162 Å². The summed E-state index contributed by atoms with van der Waals surface area (Å²) in [7, 11) is 0. The molecule has 142 valence electrons. The molecule has 1 aliphatic heterocycles. The number of anilines is 1. The van der Waals surface area contributed by atoms with Crippen LogP contribution in [0.25, 0.3) is 10.2 Å². The first-order valence-electron chi connectivity index (χ1n) is 9.74. The summed E-state index contributed by atoms with van der Waals surface area (Å²) < 4.78 is 10.9. The maximum Gasteiger partial charge on any atom is 0.146 e. The van der Waals surface area contributed by atoms with Crippen molar-refractivity contribution in [3.63, 3.8) is 0 Å². The van der Waals surface area contributed by atoms with Crippen LogP contribution in [0.1, 0.15) is 28.4 Å². The van der Waals surface area contributed by atoms with Gasteiger partial charge in [0.15, 0.2) is 0 Å². The molecule has 0 spiro atoms. The van der Waals surface area contributed by atoms with Gasteiger partial charge in [-0.15, -0.1) is 11.3 Å². The number of aromatic nitrogens is 2. The van der Waals surface area contributed by atoms with Crippen LogP contribution in [-0.2, 0) is 30.5 Å². The summed E-state index contributed by atoms with van der Waals surface area (Å²) in [5, 5.41) is 4.82. The molecule has 0 radical (unpaired) electrons. The third-order valence-corrected chi connectivity index (χ3v) is 6.51. The molecule has 0 unspecified atom stereocenters. The standard InChI is InChI=1S/C20H24N4O2S/c1-4-15-16(5-1)27-20-18(15)19(21-7-6-14-3-2-10-26-14)22-17(23-20)13-24-8-11-25-12-9-24/h2-3,10H,1,4-9,11-13H2,(H,21,22,23). The number of rotatable bonds is 6. The van der Waals surface area contributed by atoms with E-state index in [1.165, 1.54) is 28.7 Å². The highest BCUT2D eigenvalue weighted by molar-refractivity contribution is 7.19. The second-order valence-corrected chi connectivity index (χ2v) is 8.25. The van der Waals surface area contributed by atoms with Crippen LogP contribution in [0.3, 0.4) is 0 Å². The molecule has 6 nitrogen and oxygen atoms in total. The summed E-state index contributed by atoms with van der Waals surface area (Å²) in [4.78, 5) is 14.9. The van der Waals surface area contributed by atoms with Gasteiger partial charge in [0.05, 0.1) is 31.4 Å². The van der Waals surface area contributed by atoms with Crippen molar-refractivity contribution in [3.05, 3.63) is 40.4 Å². The average molecular weight is 385 g/mol. The van der Waals surface area contributed by atoms with Crippen LogP contribution >= 0.6 is 11.3 Å². The fraction of sp³-hybridized carbons (Fsp3) is 0.500. The summed E-state index contributed by atoms with van der Waals surface area (Å²) in [6, 6.07) is 3.95. The second kappa shape index (κ2) is 7.58. The zero-order chi connectivity index (χ0) is 18.1. The van der Waals surface area contributed by atoms with E-state index in [1.54, 1.807) is 6.26 Å². The second-order valence-electron chi connectivity index (χ2n) is 7.17. The fourth-order valence-corrected chi connectivity index (χ4v) is 5.24. The summed E-state index contributed by atoms with van der Waals surface area (Å²) in [5.41, 5.74) is 1.47. The normalized spacial score (nSPS) is 17.5. The van der Waals surface area contributed by atoms with Gasteiger partial charge >= 0.3 is 0 Å².